The number of methoxy groups -OCH3 is 1. The fraction of sp³-hybridized carbons (Fsp3) is 0.348. The van der Waals surface area contributed by atoms with Crippen molar-refractivity contribution < 1.29 is 9.53 Å². The van der Waals surface area contributed by atoms with Crippen LogP contribution in [0.3, 0.4) is 0 Å². The number of Topliss-reactive ketones (excluding diaryl/α,β-unsaturated/α-hetero) is 1. The first-order valence-electron chi connectivity index (χ1n) is 10.1. The Hall–Kier alpha value is -2.60. The van der Waals surface area contributed by atoms with Crippen molar-refractivity contribution in [2.75, 3.05) is 12.9 Å². The largest absolute Gasteiger partial charge is 0.496 e. The second kappa shape index (κ2) is 8.82. The van der Waals surface area contributed by atoms with Crippen molar-refractivity contribution in [3.8, 4) is 17.1 Å². The van der Waals surface area contributed by atoms with Gasteiger partial charge in [0.2, 0.25) is 0 Å². The minimum Gasteiger partial charge on any atom is -0.496 e. The topological polar surface area (TPSA) is 57.0 Å². The zero-order valence-electron chi connectivity index (χ0n) is 16.9. The number of hydrogen-bond acceptors (Lipinski definition) is 5. The number of rotatable bonds is 7. The molecular formula is C23H25N3O2S. The molecule has 0 atom stereocenters. The van der Waals surface area contributed by atoms with Crippen LogP contribution in [0, 0.1) is 0 Å². The number of thioether (sulfide) groups is 1. The molecule has 0 aliphatic heterocycles. The number of hydrogen-bond donors (Lipinski definition) is 0. The lowest BCUT2D eigenvalue weighted by atomic mass is 9.90. The number of ether oxygens (including phenoxy) is 1. The molecule has 0 fully saturated rings. The molecule has 1 aliphatic rings. The van der Waals surface area contributed by atoms with Crippen LogP contribution in [0.4, 0.5) is 0 Å². The lowest BCUT2D eigenvalue weighted by Crippen LogP contribution is -2.08. The summed E-state index contributed by atoms with van der Waals surface area (Å²) in [6, 6.07) is 14.0. The highest BCUT2D eigenvalue weighted by atomic mass is 32.2. The van der Waals surface area contributed by atoms with Gasteiger partial charge in [0.25, 0.3) is 0 Å². The second-order valence-electron chi connectivity index (χ2n) is 7.15. The minimum absolute atomic E-state index is 0.132. The monoisotopic (exact) mass is 407 g/mol. The Morgan fingerprint density at radius 2 is 1.90 bits per heavy atom. The third kappa shape index (κ3) is 4.08. The zero-order valence-corrected chi connectivity index (χ0v) is 17.7. The van der Waals surface area contributed by atoms with Crippen molar-refractivity contribution in [3.63, 3.8) is 0 Å². The van der Waals surface area contributed by atoms with Gasteiger partial charge in [-0.15, -0.1) is 10.2 Å². The summed E-state index contributed by atoms with van der Waals surface area (Å²) in [5.74, 6) is 2.00. The SMILES string of the molecule is CCn1c(SCC(=O)c2ccc3c(c2)CCCC3)nnc1-c1ccccc1OC. The van der Waals surface area contributed by atoms with E-state index in [9.17, 15) is 4.79 Å². The smallest absolute Gasteiger partial charge is 0.191 e. The van der Waals surface area contributed by atoms with Gasteiger partial charge in [0.1, 0.15) is 5.75 Å². The zero-order chi connectivity index (χ0) is 20.2. The van der Waals surface area contributed by atoms with E-state index >= 15 is 0 Å². The maximum atomic E-state index is 12.8. The number of ketones is 1. The van der Waals surface area contributed by atoms with Crippen LogP contribution >= 0.6 is 11.8 Å². The maximum absolute atomic E-state index is 12.8. The molecule has 0 N–H and O–H groups in total. The molecule has 6 heteroatoms. The molecule has 5 nitrogen and oxygen atoms in total. The average molecular weight is 408 g/mol. The van der Waals surface area contributed by atoms with Crippen LogP contribution in [0.5, 0.6) is 5.75 Å². The first-order chi connectivity index (χ1) is 14.2. The summed E-state index contributed by atoms with van der Waals surface area (Å²) in [5.41, 5.74) is 4.43. The van der Waals surface area contributed by atoms with Crippen LogP contribution in [-0.2, 0) is 19.4 Å². The molecule has 0 amide bonds. The Morgan fingerprint density at radius 3 is 2.69 bits per heavy atom. The first kappa shape index (κ1) is 19.7. The predicted molar refractivity (Wildman–Crippen MR) is 116 cm³/mol. The van der Waals surface area contributed by atoms with Crippen LogP contribution in [0.1, 0.15) is 41.3 Å². The van der Waals surface area contributed by atoms with E-state index < -0.39 is 0 Å². The van der Waals surface area contributed by atoms with E-state index in [1.54, 1.807) is 7.11 Å². The fourth-order valence-corrected chi connectivity index (χ4v) is 4.73. The number of carbonyl (C=O) groups is 1. The third-order valence-corrected chi connectivity index (χ3v) is 6.35. The molecule has 0 unspecified atom stereocenters. The molecule has 3 aromatic rings. The summed E-state index contributed by atoms with van der Waals surface area (Å²) >= 11 is 1.44. The van der Waals surface area contributed by atoms with E-state index in [1.807, 2.05) is 34.9 Å². The van der Waals surface area contributed by atoms with Crippen LogP contribution in [0.15, 0.2) is 47.6 Å². The Labute approximate surface area is 175 Å². The van der Waals surface area contributed by atoms with Gasteiger partial charge in [0.05, 0.1) is 18.4 Å². The lowest BCUT2D eigenvalue weighted by Gasteiger charge is -2.16. The van der Waals surface area contributed by atoms with Gasteiger partial charge in [0.15, 0.2) is 16.8 Å². The number of para-hydroxylation sites is 1. The van der Waals surface area contributed by atoms with Gasteiger partial charge in [-0.05, 0) is 61.9 Å². The van der Waals surface area contributed by atoms with Crippen LogP contribution in [0.2, 0.25) is 0 Å². The molecule has 0 saturated heterocycles. The number of fused-ring (bicyclic) bond motifs is 1. The molecular weight excluding hydrogens is 382 g/mol. The van der Waals surface area contributed by atoms with E-state index in [0.717, 1.165) is 47.2 Å². The quantitative estimate of drug-likeness (QED) is 0.415. The van der Waals surface area contributed by atoms with Gasteiger partial charge in [-0.3, -0.25) is 4.79 Å². The first-order valence-corrected chi connectivity index (χ1v) is 11.0. The minimum atomic E-state index is 0.132. The van der Waals surface area contributed by atoms with Crippen molar-refractivity contribution >= 4 is 17.5 Å². The van der Waals surface area contributed by atoms with Gasteiger partial charge >= 0.3 is 0 Å². The standard InChI is InChI=1S/C23H25N3O2S/c1-3-26-22(19-10-6-7-11-21(19)28-2)24-25-23(26)29-15-20(27)18-13-12-16-8-4-5-9-17(16)14-18/h6-7,10-14H,3-5,8-9,15H2,1-2H3. The van der Waals surface area contributed by atoms with E-state index in [2.05, 4.69) is 29.3 Å². The number of carbonyl (C=O) groups excluding carboxylic acids is 1. The molecule has 0 bridgehead atoms. The number of aryl methyl sites for hydroxylation is 2. The molecule has 2 aromatic carbocycles. The van der Waals surface area contributed by atoms with E-state index in [-0.39, 0.29) is 5.78 Å². The fourth-order valence-electron chi connectivity index (χ4n) is 3.83. The highest BCUT2D eigenvalue weighted by Gasteiger charge is 2.18. The summed E-state index contributed by atoms with van der Waals surface area (Å²) in [6.07, 6.45) is 4.67. The molecule has 0 radical (unpaired) electrons. The predicted octanol–water partition coefficient (Wildman–Crippen LogP) is 4.83. The molecule has 0 spiro atoms. The summed E-state index contributed by atoms with van der Waals surface area (Å²) in [6.45, 7) is 2.77. The highest BCUT2D eigenvalue weighted by Crippen LogP contribution is 2.31. The Bertz CT molecular complexity index is 1030. The summed E-state index contributed by atoms with van der Waals surface area (Å²) in [5, 5.41) is 9.47. The highest BCUT2D eigenvalue weighted by molar-refractivity contribution is 7.99. The van der Waals surface area contributed by atoms with Crippen molar-refractivity contribution in [3.05, 3.63) is 59.2 Å². The molecule has 1 heterocycles. The summed E-state index contributed by atoms with van der Waals surface area (Å²) in [4.78, 5) is 12.8. The molecule has 0 saturated carbocycles. The van der Waals surface area contributed by atoms with Crippen LogP contribution < -0.4 is 4.74 Å². The van der Waals surface area contributed by atoms with Gasteiger partial charge in [-0.2, -0.15) is 0 Å². The Morgan fingerprint density at radius 1 is 1.10 bits per heavy atom. The normalized spacial score (nSPS) is 13.2. The van der Waals surface area contributed by atoms with Crippen molar-refractivity contribution in [1.29, 1.82) is 0 Å². The number of benzene rings is 2. The van der Waals surface area contributed by atoms with Gasteiger partial charge in [-0.1, -0.05) is 36.0 Å². The van der Waals surface area contributed by atoms with Crippen LogP contribution in [-0.4, -0.2) is 33.4 Å². The maximum Gasteiger partial charge on any atom is 0.191 e. The van der Waals surface area contributed by atoms with Crippen molar-refractivity contribution in [2.45, 2.75) is 44.3 Å². The molecule has 4 rings (SSSR count). The number of aromatic nitrogens is 3. The third-order valence-electron chi connectivity index (χ3n) is 5.38. The van der Waals surface area contributed by atoms with Crippen LogP contribution in [0.25, 0.3) is 11.4 Å². The molecule has 1 aliphatic carbocycles. The van der Waals surface area contributed by atoms with E-state index in [4.69, 9.17) is 4.74 Å². The molecule has 1 aromatic heterocycles. The number of nitrogens with zero attached hydrogens (tertiary/aromatic N) is 3. The van der Waals surface area contributed by atoms with Gasteiger partial charge in [-0.25, -0.2) is 0 Å². The van der Waals surface area contributed by atoms with Crippen molar-refractivity contribution in [1.82, 2.24) is 14.8 Å². The van der Waals surface area contributed by atoms with E-state index in [0.29, 0.717) is 5.75 Å². The Kier molecular flexibility index (Phi) is 6.00. The second-order valence-corrected chi connectivity index (χ2v) is 8.10. The summed E-state index contributed by atoms with van der Waals surface area (Å²) in [7, 11) is 1.65. The summed E-state index contributed by atoms with van der Waals surface area (Å²) < 4.78 is 7.50. The van der Waals surface area contributed by atoms with Gasteiger partial charge in [0, 0.05) is 12.1 Å². The van der Waals surface area contributed by atoms with Crippen molar-refractivity contribution in [2.24, 2.45) is 0 Å². The molecule has 29 heavy (non-hydrogen) atoms. The van der Waals surface area contributed by atoms with Gasteiger partial charge < -0.3 is 9.30 Å². The Balaban J connectivity index is 1.52. The average Bonchev–Trinajstić information content (AvgIpc) is 3.19. The lowest BCUT2D eigenvalue weighted by molar-refractivity contribution is 0.102. The molecule has 150 valence electrons. The van der Waals surface area contributed by atoms with E-state index in [1.165, 1.54) is 35.7 Å².